The molecule has 0 aliphatic heterocycles. The Hall–Kier alpha value is -2.56. The van der Waals surface area contributed by atoms with E-state index in [-0.39, 0.29) is 23.5 Å². The average Bonchev–Trinajstić information content (AvgIpc) is 3.11. The van der Waals surface area contributed by atoms with E-state index in [9.17, 15) is 9.59 Å². The summed E-state index contributed by atoms with van der Waals surface area (Å²) in [6.07, 6.45) is 5.25. The summed E-state index contributed by atoms with van der Waals surface area (Å²) >= 11 is 0. The topological polar surface area (TPSA) is 71.3 Å². The SMILES string of the molecule is CCCC(CCC)C(=O)Nc1ccc(NC(=O)c2ccco2)cc1. The molecule has 2 N–H and O–H groups in total. The van der Waals surface area contributed by atoms with E-state index in [1.54, 1.807) is 36.4 Å². The lowest BCUT2D eigenvalue weighted by Crippen LogP contribution is -2.22. The summed E-state index contributed by atoms with van der Waals surface area (Å²) in [7, 11) is 0. The molecule has 1 heterocycles. The predicted molar refractivity (Wildman–Crippen MR) is 95.0 cm³/mol. The number of carbonyl (C=O) groups excluding carboxylic acids is 2. The summed E-state index contributed by atoms with van der Waals surface area (Å²) in [6, 6.07) is 10.3. The molecule has 0 aliphatic rings. The van der Waals surface area contributed by atoms with Gasteiger partial charge in [-0.1, -0.05) is 26.7 Å². The number of amides is 2. The van der Waals surface area contributed by atoms with Crippen LogP contribution in [0, 0.1) is 5.92 Å². The molecule has 5 heteroatoms. The van der Waals surface area contributed by atoms with Crippen LogP contribution < -0.4 is 10.6 Å². The molecular weight excluding hydrogens is 304 g/mol. The van der Waals surface area contributed by atoms with Crippen molar-refractivity contribution in [2.24, 2.45) is 5.92 Å². The Labute approximate surface area is 142 Å². The minimum Gasteiger partial charge on any atom is -0.459 e. The van der Waals surface area contributed by atoms with Gasteiger partial charge in [0.05, 0.1) is 6.26 Å². The van der Waals surface area contributed by atoms with Gasteiger partial charge >= 0.3 is 0 Å². The van der Waals surface area contributed by atoms with Gasteiger partial charge in [-0.3, -0.25) is 9.59 Å². The second-order valence-electron chi connectivity index (χ2n) is 5.77. The first kappa shape index (κ1) is 17.8. The van der Waals surface area contributed by atoms with Gasteiger partial charge in [-0.2, -0.15) is 0 Å². The quantitative estimate of drug-likeness (QED) is 0.738. The maximum absolute atomic E-state index is 12.3. The number of rotatable bonds is 8. The number of anilines is 2. The van der Waals surface area contributed by atoms with Crippen molar-refractivity contribution < 1.29 is 14.0 Å². The van der Waals surface area contributed by atoms with E-state index in [1.807, 2.05) is 0 Å². The third-order valence-electron chi connectivity index (χ3n) is 3.80. The fraction of sp³-hybridized carbons (Fsp3) is 0.368. The van der Waals surface area contributed by atoms with Crippen molar-refractivity contribution in [3.63, 3.8) is 0 Å². The lowest BCUT2D eigenvalue weighted by Gasteiger charge is -2.15. The highest BCUT2D eigenvalue weighted by Crippen LogP contribution is 2.19. The number of nitrogens with one attached hydrogen (secondary N) is 2. The highest BCUT2D eigenvalue weighted by Gasteiger charge is 2.16. The second-order valence-corrected chi connectivity index (χ2v) is 5.77. The molecule has 1 aromatic heterocycles. The van der Waals surface area contributed by atoms with E-state index >= 15 is 0 Å². The van der Waals surface area contributed by atoms with Gasteiger partial charge in [0.15, 0.2) is 5.76 Å². The van der Waals surface area contributed by atoms with Gasteiger partial charge < -0.3 is 15.1 Å². The highest BCUT2D eigenvalue weighted by atomic mass is 16.3. The van der Waals surface area contributed by atoms with Crippen molar-refractivity contribution in [3.05, 3.63) is 48.4 Å². The van der Waals surface area contributed by atoms with Crippen LogP contribution in [0.25, 0.3) is 0 Å². The summed E-state index contributed by atoms with van der Waals surface area (Å²) < 4.78 is 5.05. The Bertz CT molecular complexity index is 642. The average molecular weight is 328 g/mol. The molecule has 0 bridgehead atoms. The highest BCUT2D eigenvalue weighted by molar-refractivity contribution is 6.02. The van der Waals surface area contributed by atoms with Crippen molar-refractivity contribution >= 4 is 23.2 Å². The standard InChI is InChI=1S/C19H24N2O3/c1-3-6-14(7-4-2)18(22)20-15-9-11-16(12-10-15)21-19(23)17-8-5-13-24-17/h5,8-14H,3-4,6-7H2,1-2H3,(H,20,22)(H,21,23). The third kappa shape index (κ3) is 4.98. The number of carbonyl (C=O) groups is 2. The van der Waals surface area contributed by atoms with Gasteiger partial charge in [-0.05, 0) is 49.2 Å². The summed E-state index contributed by atoms with van der Waals surface area (Å²) in [6.45, 7) is 4.18. The number of furan rings is 1. The Morgan fingerprint density at radius 1 is 0.958 bits per heavy atom. The molecule has 5 nitrogen and oxygen atoms in total. The van der Waals surface area contributed by atoms with Gasteiger partial charge in [-0.25, -0.2) is 0 Å². The van der Waals surface area contributed by atoms with Gasteiger partial charge in [-0.15, -0.1) is 0 Å². The third-order valence-corrected chi connectivity index (χ3v) is 3.80. The van der Waals surface area contributed by atoms with Crippen LogP contribution in [0.3, 0.4) is 0 Å². The van der Waals surface area contributed by atoms with Gasteiger partial charge in [0.2, 0.25) is 5.91 Å². The molecule has 0 saturated carbocycles. The zero-order valence-electron chi connectivity index (χ0n) is 14.2. The largest absolute Gasteiger partial charge is 0.459 e. The predicted octanol–water partition coefficient (Wildman–Crippen LogP) is 4.69. The van der Waals surface area contributed by atoms with E-state index in [2.05, 4.69) is 24.5 Å². The second kappa shape index (κ2) is 8.91. The molecule has 2 rings (SSSR count). The zero-order valence-corrected chi connectivity index (χ0v) is 14.2. The van der Waals surface area contributed by atoms with Gasteiger partial charge in [0.25, 0.3) is 5.91 Å². The minimum absolute atomic E-state index is 0.0540. The summed E-state index contributed by atoms with van der Waals surface area (Å²) in [5.74, 6) is 0.0708. The smallest absolute Gasteiger partial charge is 0.291 e. The molecule has 0 radical (unpaired) electrons. The van der Waals surface area contributed by atoms with Crippen LogP contribution in [0.2, 0.25) is 0 Å². The molecular formula is C19H24N2O3. The van der Waals surface area contributed by atoms with E-state index in [4.69, 9.17) is 4.42 Å². The van der Waals surface area contributed by atoms with E-state index < -0.39 is 0 Å². The number of hydrogen-bond donors (Lipinski definition) is 2. The van der Waals surface area contributed by atoms with Gasteiger partial charge in [0, 0.05) is 17.3 Å². The van der Waals surface area contributed by atoms with E-state index in [1.165, 1.54) is 6.26 Å². The van der Waals surface area contributed by atoms with Crippen molar-refractivity contribution in [3.8, 4) is 0 Å². The van der Waals surface area contributed by atoms with Crippen molar-refractivity contribution in [2.45, 2.75) is 39.5 Å². The summed E-state index contributed by atoms with van der Waals surface area (Å²) in [5.41, 5.74) is 1.38. The molecule has 128 valence electrons. The first-order valence-electron chi connectivity index (χ1n) is 8.39. The Balaban J connectivity index is 1.93. The molecule has 1 aromatic carbocycles. The minimum atomic E-state index is -0.303. The molecule has 2 aromatic rings. The van der Waals surface area contributed by atoms with Crippen LogP contribution in [0.1, 0.15) is 50.1 Å². The molecule has 0 unspecified atom stereocenters. The van der Waals surface area contributed by atoms with Crippen molar-refractivity contribution in [1.29, 1.82) is 0 Å². The monoisotopic (exact) mass is 328 g/mol. The molecule has 0 spiro atoms. The molecule has 0 saturated heterocycles. The molecule has 0 aliphatic carbocycles. The molecule has 0 atom stereocenters. The number of benzene rings is 1. The van der Waals surface area contributed by atoms with Crippen LogP contribution in [-0.4, -0.2) is 11.8 Å². The number of hydrogen-bond acceptors (Lipinski definition) is 3. The zero-order chi connectivity index (χ0) is 17.4. The fourth-order valence-corrected chi connectivity index (χ4v) is 2.59. The molecule has 24 heavy (non-hydrogen) atoms. The Kier molecular flexibility index (Phi) is 6.61. The summed E-state index contributed by atoms with van der Waals surface area (Å²) in [5, 5.41) is 5.69. The van der Waals surface area contributed by atoms with Crippen LogP contribution in [0.15, 0.2) is 47.1 Å². The fourth-order valence-electron chi connectivity index (χ4n) is 2.59. The maximum atomic E-state index is 12.3. The van der Waals surface area contributed by atoms with Crippen molar-refractivity contribution in [2.75, 3.05) is 10.6 Å². The Morgan fingerprint density at radius 2 is 1.54 bits per heavy atom. The van der Waals surface area contributed by atoms with Crippen LogP contribution in [0.5, 0.6) is 0 Å². The first-order valence-corrected chi connectivity index (χ1v) is 8.39. The Morgan fingerprint density at radius 3 is 2.04 bits per heavy atom. The molecule has 0 fully saturated rings. The van der Waals surface area contributed by atoms with Crippen molar-refractivity contribution in [1.82, 2.24) is 0 Å². The summed E-state index contributed by atoms with van der Waals surface area (Å²) in [4.78, 5) is 24.2. The van der Waals surface area contributed by atoms with E-state index in [0.29, 0.717) is 5.69 Å². The van der Waals surface area contributed by atoms with Crippen LogP contribution in [-0.2, 0) is 4.79 Å². The van der Waals surface area contributed by atoms with Crippen LogP contribution in [0.4, 0.5) is 11.4 Å². The first-order chi connectivity index (χ1) is 11.6. The lowest BCUT2D eigenvalue weighted by molar-refractivity contribution is -0.120. The van der Waals surface area contributed by atoms with Crippen LogP contribution >= 0.6 is 0 Å². The van der Waals surface area contributed by atoms with E-state index in [0.717, 1.165) is 31.4 Å². The maximum Gasteiger partial charge on any atom is 0.291 e. The van der Waals surface area contributed by atoms with Gasteiger partial charge in [0.1, 0.15) is 0 Å². The normalized spacial score (nSPS) is 10.6. The lowest BCUT2D eigenvalue weighted by atomic mass is 9.97. The molecule has 2 amide bonds.